The standard InChI is InChI=1S/C24H26N4O4/c1-15-7-4-8-16(2)19(15)13-12-18-9-5-10-20(23(18)31)25-26-22-17(3)27-28(24(22)32)14-6-11-21(29)30/h4-5,7-10,12-13,27,31H,6,11,14H2,1-3H3,(H,29,30)/b13-12-,26-25?. The summed E-state index contributed by atoms with van der Waals surface area (Å²) in [5, 5.41) is 30.4. The van der Waals surface area contributed by atoms with Crippen molar-refractivity contribution < 1.29 is 15.0 Å². The molecule has 0 saturated heterocycles. The number of phenols is 1. The predicted octanol–water partition coefficient (Wildman–Crippen LogP) is 5.26. The largest absolute Gasteiger partial charge is 0.505 e. The first-order valence-corrected chi connectivity index (χ1v) is 10.3. The van der Waals surface area contributed by atoms with Gasteiger partial charge in [-0.05, 0) is 49.9 Å². The van der Waals surface area contributed by atoms with E-state index in [1.54, 1.807) is 25.1 Å². The summed E-state index contributed by atoms with van der Waals surface area (Å²) in [5.74, 6) is -0.947. The van der Waals surface area contributed by atoms with Crippen LogP contribution in [0.3, 0.4) is 0 Å². The first kappa shape index (κ1) is 22.7. The summed E-state index contributed by atoms with van der Waals surface area (Å²) in [4.78, 5) is 23.2. The van der Waals surface area contributed by atoms with Crippen LogP contribution in [-0.4, -0.2) is 26.0 Å². The lowest BCUT2D eigenvalue weighted by Gasteiger charge is -2.05. The topological polar surface area (TPSA) is 120 Å². The SMILES string of the molecule is Cc1cccc(C)c1/C=C\c1cccc(N=Nc2c(C)[nH]n(CCCC(=O)O)c2=O)c1O. The van der Waals surface area contributed by atoms with E-state index in [4.69, 9.17) is 5.11 Å². The molecule has 0 radical (unpaired) electrons. The lowest BCUT2D eigenvalue weighted by Crippen LogP contribution is -2.17. The Kier molecular flexibility index (Phi) is 7.04. The molecule has 0 aliphatic carbocycles. The van der Waals surface area contributed by atoms with Crippen molar-refractivity contribution in [3.63, 3.8) is 0 Å². The average Bonchev–Trinajstić information content (AvgIpc) is 3.00. The number of para-hydroxylation sites is 1. The van der Waals surface area contributed by atoms with Gasteiger partial charge >= 0.3 is 5.97 Å². The van der Waals surface area contributed by atoms with Gasteiger partial charge in [0.1, 0.15) is 11.4 Å². The van der Waals surface area contributed by atoms with Crippen LogP contribution in [0.1, 0.15) is 40.8 Å². The number of H-pyrrole nitrogens is 1. The second kappa shape index (κ2) is 9.91. The Labute approximate surface area is 185 Å². The third-order valence-corrected chi connectivity index (χ3v) is 5.15. The van der Waals surface area contributed by atoms with E-state index >= 15 is 0 Å². The third kappa shape index (κ3) is 5.21. The lowest BCUT2D eigenvalue weighted by molar-refractivity contribution is -0.137. The van der Waals surface area contributed by atoms with Crippen molar-refractivity contribution in [3.05, 3.63) is 74.7 Å². The number of hydrogen-bond donors (Lipinski definition) is 3. The number of aromatic amines is 1. The maximum atomic E-state index is 12.5. The molecule has 8 heteroatoms. The van der Waals surface area contributed by atoms with E-state index in [0.717, 1.165) is 16.7 Å². The van der Waals surface area contributed by atoms with Crippen molar-refractivity contribution in [2.75, 3.05) is 0 Å². The van der Waals surface area contributed by atoms with Gasteiger partial charge in [-0.1, -0.05) is 42.5 Å². The van der Waals surface area contributed by atoms with Crippen molar-refractivity contribution in [1.29, 1.82) is 0 Å². The number of azo groups is 1. The molecule has 3 rings (SSSR count). The number of nitrogens with one attached hydrogen (secondary N) is 1. The fraction of sp³-hybridized carbons (Fsp3) is 0.250. The summed E-state index contributed by atoms with van der Waals surface area (Å²) in [6.45, 7) is 5.99. The molecule has 1 aromatic heterocycles. The molecule has 3 N–H and O–H groups in total. The van der Waals surface area contributed by atoms with Crippen molar-refractivity contribution in [3.8, 4) is 5.75 Å². The van der Waals surface area contributed by atoms with Crippen molar-refractivity contribution in [1.82, 2.24) is 9.78 Å². The van der Waals surface area contributed by atoms with Gasteiger partial charge in [0, 0.05) is 18.5 Å². The molecule has 0 amide bonds. The number of nitrogens with zero attached hydrogens (tertiary/aromatic N) is 3. The van der Waals surface area contributed by atoms with Crippen LogP contribution in [0.2, 0.25) is 0 Å². The molecule has 8 nitrogen and oxygen atoms in total. The van der Waals surface area contributed by atoms with Crippen LogP contribution >= 0.6 is 0 Å². The fourth-order valence-electron chi connectivity index (χ4n) is 3.39. The Hall–Kier alpha value is -3.94. The third-order valence-electron chi connectivity index (χ3n) is 5.15. The summed E-state index contributed by atoms with van der Waals surface area (Å²) in [6.07, 6.45) is 4.06. The number of aromatic hydroxyl groups is 1. The highest BCUT2D eigenvalue weighted by molar-refractivity contribution is 5.77. The van der Waals surface area contributed by atoms with Crippen molar-refractivity contribution in [2.24, 2.45) is 10.2 Å². The van der Waals surface area contributed by atoms with Gasteiger partial charge in [0.15, 0.2) is 5.69 Å². The number of hydrogen-bond acceptors (Lipinski definition) is 5. The minimum Gasteiger partial charge on any atom is -0.505 e. The zero-order valence-corrected chi connectivity index (χ0v) is 18.3. The normalized spacial score (nSPS) is 11.6. The molecule has 0 fully saturated rings. The molecule has 0 aliphatic rings. The van der Waals surface area contributed by atoms with E-state index in [0.29, 0.717) is 17.7 Å². The van der Waals surface area contributed by atoms with Crippen LogP contribution in [0.15, 0.2) is 51.4 Å². The van der Waals surface area contributed by atoms with E-state index in [9.17, 15) is 14.7 Å². The number of aromatic nitrogens is 2. The number of rotatable bonds is 8. The molecular formula is C24H26N4O4. The van der Waals surface area contributed by atoms with Crippen molar-refractivity contribution >= 4 is 29.5 Å². The van der Waals surface area contributed by atoms with E-state index in [1.807, 2.05) is 44.2 Å². The Bertz CT molecular complexity index is 1230. The molecule has 0 spiro atoms. The zero-order valence-electron chi connectivity index (χ0n) is 18.3. The highest BCUT2D eigenvalue weighted by Crippen LogP contribution is 2.33. The van der Waals surface area contributed by atoms with Gasteiger partial charge in [0.25, 0.3) is 5.56 Å². The number of carbonyl (C=O) groups is 1. The van der Waals surface area contributed by atoms with Crippen LogP contribution in [-0.2, 0) is 11.3 Å². The Morgan fingerprint density at radius 2 is 1.75 bits per heavy atom. The molecule has 0 unspecified atom stereocenters. The maximum Gasteiger partial charge on any atom is 0.303 e. The number of aryl methyl sites for hydroxylation is 4. The van der Waals surface area contributed by atoms with Crippen LogP contribution in [0.5, 0.6) is 5.75 Å². The smallest absolute Gasteiger partial charge is 0.303 e. The molecule has 0 saturated carbocycles. The van der Waals surface area contributed by atoms with Crippen molar-refractivity contribution in [2.45, 2.75) is 40.2 Å². The number of aliphatic carboxylic acids is 1. The minimum absolute atomic E-state index is 0.0302. The minimum atomic E-state index is -0.914. The van der Waals surface area contributed by atoms with Gasteiger partial charge in [-0.25, -0.2) is 0 Å². The Morgan fingerprint density at radius 3 is 2.44 bits per heavy atom. The van der Waals surface area contributed by atoms with Crippen LogP contribution < -0.4 is 5.56 Å². The molecule has 0 bridgehead atoms. The predicted molar refractivity (Wildman–Crippen MR) is 124 cm³/mol. The molecule has 2 aromatic carbocycles. The lowest BCUT2D eigenvalue weighted by atomic mass is 10.0. The van der Waals surface area contributed by atoms with Gasteiger partial charge in [-0.15, -0.1) is 10.2 Å². The van der Waals surface area contributed by atoms with Gasteiger partial charge < -0.3 is 10.2 Å². The molecule has 166 valence electrons. The summed E-state index contributed by atoms with van der Waals surface area (Å²) in [6, 6.07) is 11.2. The van der Waals surface area contributed by atoms with E-state index in [2.05, 4.69) is 15.3 Å². The fourth-order valence-corrected chi connectivity index (χ4v) is 3.39. The maximum absolute atomic E-state index is 12.5. The van der Waals surface area contributed by atoms with E-state index < -0.39 is 5.97 Å². The molecule has 3 aromatic rings. The van der Waals surface area contributed by atoms with Crippen LogP contribution in [0, 0.1) is 20.8 Å². The van der Waals surface area contributed by atoms with E-state index in [1.165, 1.54) is 4.68 Å². The van der Waals surface area contributed by atoms with Crippen LogP contribution in [0.25, 0.3) is 12.2 Å². The first-order chi connectivity index (χ1) is 15.3. The Morgan fingerprint density at radius 1 is 1.06 bits per heavy atom. The molecule has 0 aliphatic heterocycles. The first-order valence-electron chi connectivity index (χ1n) is 10.3. The summed E-state index contributed by atoms with van der Waals surface area (Å²) >= 11 is 0. The highest BCUT2D eigenvalue weighted by Gasteiger charge is 2.12. The van der Waals surface area contributed by atoms with Gasteiger partial charge in [0.2, 0.25) is 0 Å². The highest BCUT2D eigenvalue weighted by atomic mass is 16.4. The monoisotopic (exact) mass is 434 g/mol. The number of carboxylic acids is 1. The van der Waals surface area contributed by atoms with Crippen LogP contribution in [0.4, 0.5) is 11.4 Å². The summed E-state index contributed by atoms with van der Waals surface area (Å²) in [7, 11) is 0. The Balaban J connectivity index is 1.83. The van der Waals surface area contributed by atoms with Gasteiger partial charge in [-0.3, -0.25) is 19.4 Å². The molecular weight excluding hydrogens is 408 g/mol. The second-order valence-corrected chi connectivity index (χ2v) is 7.59. The van der Waals surface area contributed by atoms with E-state index in [-0.39, 0.29) is 35.6 Å². The number of benzene rings is 2. The molecule has 0 atom stereocenters. The molecule has 1 heterocycles. The van der Waals surface area contributed by atoms with Gasteiger partial charge in [0.05, 0.1) is 5.69 Å². The number of carboxylic acid groups (broad SMARTS) is 1. The molecule has 32 heavy (non-hydrogen) atoms. The quantitative estimate of drug-likeness (QED) is 0.331. The second-order valence-electron chi connectivity index (χ2n) is 7.59. The summed E-state index contributed by atoms with van der Waals surface area (Å²) in [5.41, 5.74) is 4.44. The average molecular weight is 434 g/mol. The zero-order chi connectivity index (χ0) is 23.3. The van der Waals surface area contributed by atoms with Gasteiger partial charge in [-0.2, -0.15) is 0 Å². The number of phenolic OH excluding ortho intramolecular Hbond substituents is 1. The summed E-state index contributed by atoms with van der Waals surface area (Å²) < 4.78 is 1.32.